The Bertz CT molecular complexity index is 728. The fourth-order valence-corrected chi connectivity index (χ4v) is 2.53. The van der Waals surface area contributed by atoms with Crippen molar-refractivity contribution in [3.63, 3.8) is 0 Å². The van der Waals surface area contributed by atoms with Crippen LogP contribution in [-0.4, -0.2) is 25.0 Å². The fourth-order valence-electron chi connectivity index (χ4n) is 2.53. The SMILES string of the molecule is Cc1ccc2c(c1)OC(=O)CN2CC(=O)NCc1ccccc1. The number of aryl methyl sites for hydroxylation is 1. The van der Waals surface area contributed by atoms with Crippen LogP contribution in [0.5, 0.6) is 5.75 Å². The highest BCUT2D eigenvalue weighted by Gasteiger charge is 2.25. The summed E-state index contributed by atoms with van der Waals surface area (Å²) < 4.78 is 5.24. The van der Waals surface area contributed by atoms with E-state index in [-0.39, 0.29) is 25.0 Å². The van der Waals surface area contributed by atoms with Gasteiger partial charge in [-0.25, -0.2) is 4.79 Å². The van der Waals surface area contributed by atoms with Crippen molar-refractivity contribution in [2.45, 2.75) is 13.5 Å². The lowest BCUT2D eigenvalue weighted by Gasteiger charge is -2.29. The summed E-state index contributed by atoms with van der Waals surface area (Å²) in [6, 6.07) is 15.3. The molecule has 0 atom stereocenters. The molecule has 1 aliphatic rings. The van der Waals surface area contributed by atoms with Gasteiger partial charge in [-0.1, -0.05) is 36.4 Å². The van der Waals surface area contributed by atoms with Gasteiger partial charge in [0.2, 0.25) is 5.91 Å². The Morgan fingerprint density at radius 3 is 2.78 bits per heavy atom. The van der Waals surface area contributed by atoms with Gasteiger partial charge >= 0.3 is 5.97 Å². The second-order valence-electron chi connectivity index (χ2n) is 5.56. The number of nitrogens with one attached hydrogen (secondary N) is 1. The summed E-state index contributed by atoms with van der Waals surface area (Å²) in [7, 11) is 0. The third-order valence-corrected chi connectivity index (χ3v) is 3.67. The van der Waals surface area contributed by atoms with Crippen LogP contribution in [0, 0.1) is 6.92 Å². The lowest BCUT2D eigenvalue weighted by molar-refractivity contribution is -0.133. The maximum atomic E-state index is 12.2. The molecule has 0 saturated carbocycles. The molecular weight excluding hydrogens is 292 g/mol. The van der Waals surface area contributed by atoms with E-state index < -0.39 is 0 Å². The maximum absolute atomic E-state index is 12.2. The average molecular weight is 310 g/mol. The van der Waals surface area contributed by atoms with E-state index in [1.165, 1.54) is 0 Å². The van der Waals surface area contributed by atoms with Gasteiger partial charge in [0.25, 0.3) is 0 Å². The van der Waals surface area contributed by atoms with Crippen LogP contribution in [0.2, 0.25) is 0 Å². The van der Waals surface area contributed by atoms with Crippen LogP contribution in [0.15, 0.2) is 48.5 Å². The molecule has 118 valence electrons. The molecule has 0 fully saturated rings. The molecular formula is C18H18N2O3. The monoisotopic (exact) mass is 310 g/mol. The summed E-state index contributed by atoms with van der Waals surface area (Å²) in [5.41, 5.74) is 2.81. The van der Waals surface area contributed by atoms with Crippen molar-refractivity contribution < 1.29 is 14.3 Å². The van der Waals surface area contributed by atoms with Crippen LogP contribution < -0.4 is 15.0 Å². The van der Waals surface area contributed by atoms with E-state index in [1.807, 2.05) is 49.4 Å². The standard InChI is InChI=1S/C18H18N2O3/c1-13-7-8-15-16(9-13)23-18(22)12-20(15)11-17(21)19-10-14-5-3-2-4-6-14/h2-9H,10-12H2,1H3,(H,19,21). The van der Waals surface area contributed by atoms with E-state index in [4.69, 9.17) is 4.74 Å². The van der Waals surface area contributed by atoms with Gasteiger partial charge in [-0.2, -0.15) is 0 Å². The number of ether oxygens (including phenoxy) is 1. The van der Waals surface area contributed by atoms with Gasteiger partial charge in [0.05, 0.1) is 12.2 Å². The Morgan fingerprint density at radius 1 is 1.22 bits per heavy atom. The Kier molecular flexibility index (Phi) is 4.28. The van der Waals surface area contributed by atoms with Crippen molar-refractivity contribution in [1.82, 2.24) is 5.32 Å². The zero-order valence-electron chi connectivity index (χ0n) is 12.9. The fraction of sp³-hybridized carbons (Fsp3) is 0.222. The first-order valence-corrected chi connectivity index (χ1v) is 7.49. The van der Waals surface area contributed by atoms with Gasteiger partial charge < -0.3 is 15.0 Å². The molecule has 0 saturated heterocycles. The van der Waals surface area contributed by atoms with E-state index in [0.717, 1.165) is 16.8 Å². The summed E-state index contributed by atoms with van der Waals surface area (Å²) in [5.74, 6) is 0.0335. The summed E-state index contributed by atoms with van der Waals surface area (Å²) in [6.45, 7) is 2.60. The highest BCUT2D eigenvalue weighted by Crippen LogP contribution is 2.32. The van der Waals surface area contributed by atoms with Gasteiger partial charge in [-0.3, -0.25) is 4.79 Å². The van der Waals surface area contributed by atoms with Gasteiger partial charge in [-0.15, -0.1) is 0 Å². The van der Waals surface area contributed by atoms with Crippen molar-refractivity contribution in [3.8, 4) is 5.75 Å². The molecule has 0 unspecified atom stereocenters. The van der Waals surface area contributed by atoms with E-state index in [0.29, 0.717) is 12.3 Å². The predicted octanol–water partition coefficient (Wildman–Crippen LogP) is 2.04. The largest absolute Gasteiger partial charge is 0.423 e. The minimum absolute atomic E-state index is 0.0782. The first kappa shape index (κ1) is 15.1. The summed E-state index contributed by atoms with van der Waals surface area (Å²) in [5, 5.41) is 2.87. The normalized spacial score (nSPS) is 13.3. The number of hydrogen-bond donors (Lipinski definition) is 1. The van der Waals surface area contributed by atoms with Crippen LogP contribution in [0.3, 0.4) is 0 Å². The Hall–Kier alpha value is -2.82. The number of anilines is 1. The zero-order valence-corrected chi connectivity index (χ0v) is 12.9. The number of carbonyl (C=O) groups excluding carboxylic acids is 2. The maximum Gasteiger partial charge on any atom is 0.331 e. The molecule has 2 aromatic rings. The highest BCUT2D eigenvalue weighted by molar-refractivity contribution is 5.89. The number of amides is 1. The molecule has 1 aliphatic heterocycles. The molecule has 5 nitrogen and oxygen atoms in total. The van der Waals surface area contributed by atoms with Crippen LogP contribution in [0.4, 0.5) is 5.69 Å². The van der Waals surface area contributed by atoms with Crippen molar-refractivity contribution in [2.75, 3.05) is 18.0 Å². The highest BCUT2D eigenvalue weighted by atomic mass is 16.5. The van der Waals surface area contributed by atoms with E-state index >= 15 is 0 Å². The quantitative estimate of drug-likeness (QED) is 0.693. The number of esters is 1. The number of benzene rings is 2. The lowest BCUT2D eigenvalue weighted by atomic mass is 10.1. The van der Waals surface area contributed by atoms with Crippen LogP contribution in [0.1, 0.15) is 11.1 Å². The zero-order chi connectivity index (χ0) is 16.2. The van der Waals surface area contributed by atoms with Gasteiger partial charge in [0.15, 0.2) is 5.75 Å². The molecule has 1 N–H and O–H groups in total. The first-order valence-electron chi connectivity index (χ1n) is 7.49. The number of nitrogens with zero attached hydrogens (tertiary/aromatic N) is 1. The van der Waals surface area contributed by atoms with Crippen molar-refractivity contribution in [2.24, 2.45) is 0 Å². The Labute approximate surface area is 134 Å². The Morgan fingerprint density at radius 2 is 2.00 bits per heavy atom. The van der Waals surface area contributed by atoms with Crippen LogP contribution in [-0.2, 0) is 16.1 Å². The molecule has 0 spiro atoms. The third-order valence-electron chi connectivity index (χ3n) is 3.67. The van der Waals surface area contributed by atoms with Crippen molar-refractivity contribution in [3.05, 3.63) is 59.7 Å². The molecule has 23 heavy (non-hydrogen) atoms. The summed E-state index contributed by atoms with van der Waals surface area (Å²) in [4.78, 5) is 25.6. The molecule has 1 heterocycles. The Balaban J connectivity index is 1.66. The molecule has 5 heteroatoms. The van der Waals surface area contributed by atoms with Crippen LogP contribution in [0.25, 0.3) is 0 Å². The molecule has 2 aromatic carbocycles. The van der Waals surface area contributed by atoms with Crippen molar-refractivity contribution >= 4 is 17.6 Å². The second-order valence-corrected chi connectivity index (χ2v) is 5.56. The second kappa shape index (κ2) is 6.52. The molecule has 1 amide bonds. The van der Waals surface area contributed by atoms with Crippen LogP contribution >= 0.6 is 0 Å². The molecule has 3 rings (SSSR count). The lowest BCUT2D eigenvalue weighted by Crippen LogP contribution is -2.43. The van der Waals surface area contributed by atoms with E-state index in [1.54, 1.807) is 11.0 Å². The number of carbonyl (C=O) groups is 2. The average Bonchev–Trinajstić information content (AvgIpc) is 2.53. The third kappa shape index (κ3) is 3.69. The van der Waals surface area contributed by atoms with Gasteiger partial charge in [0, 0.05) is 6.54 Å². The number of rotatable bonds is 4. The van der Waals surface area contributed by atoms with Gasteiger partial charge in [0.1, 0.15) is 6.54 Å². The van der Waals surface area contributed by atoms with E-state index in [2.05, 4.69) is 5.32 Å². The molecule has 0 bridgehead atoms. The number of hydrogen-bond acceptors (Lipinski definition) is 4. The number of fused-ring (bicyclic) bond motifs is 1. The summed E-state index contributed by atoms with van der Waals surface area (Å²) in [6.07, 6.45) is 0. The minimum Gasteiger partial charge on any atom is -0.423 e. The first-order chi connectivity index (χ1) is 11.1. The molecule has 0 aliphatic carbocycles. The molecule has 0 radical (unpaired) electrons. The van der Waals surface area contributed by atoms with Crippen molar-refractivity contribution in [1.29, 1.82) is 0 Å². The smallest absolute Gasteiger partial charge is 0.331 e. The summed E-state index contributed by atoms with van der Waals surface area (Å²) >= 11 is 0. The topological polar surface area (TPSA) is 58.6 Å². The van der Waals surface area contributed by atoms with E-state index in [9.17, 15) is 9.59 Å². The predicted molar refractivity (Wildman–Crippen MR) is 87.3 cm³/mol. The molecule has 0 aromatic heterocycles. The van der Waals surface area contributed by atoms with Gasteiger partial charge in [-0.05, 0) is 30.2 Å². The minimum atomic E-state index is -0.348.